The Hall–Kier alpha value is -2.39. The van der Waals surface area contributed by atoms with Crippen LogP contribution in [0.4, 0.5) is 5.69 Å². The van der Waals surface area contributed by atoms with Crippen molar-refractivity contribution in [2.24, 2.45) is 0 Å². The fourth-order valence-corrected chi connectivity index (χ4v) is 1.51. The van der Waals surface area contributed by atoms with Crippen LogP contribution in [-0.4, -0.2) is 17.5 Å². The van der Waals surface area contributed by atoms with Gasteiger partial charge in [0.15, 0.2) is 5.57 Å². The van der Waals surface area contributed by atoms with Gasteiger partial charge in [-0.1, -0.05) is 11.6 Å². The maximum absolute atomic E-state index is 11.5. The highest BCUT2D eigenvalue weighted by molar-refractivity contribution is 6.51. The summed E-state index contributed by atoms with van der Waals surface area (Å²) in [5.74, 6) is -0.826. The minimum absolute atomic E-state index is 0.101. The average Bonchev–Trinajstić information content (AvgIpc) is 2.39. The summed E-state index contributed by atoms with van der Waals surface area (Å²) in [6, 6.07) is 6.85. The van der Waals surface area contributed by atoms with Crippen LogP contribution in [0, 0.1) is 21.4 Å². The second-order valence-corrected chi connectivity index (χ2v) is 3.70. The fourth-order valence-electron chi connectivity index (χ4n) is 1.26. The predicted octanol–water partition coefficient (Wildman–Crippen LogP) is 2.63. The van der Waals surface area contributed by atoms with E-state index in [0.29, 0.717) is 5.56 Å². The normalized spacial score (nSPS) is 11.2. The Morgan fingerprint density at radius 1 is 1.47 bits per heavy atom. The third-order valence-electron chi connectivity index (χ3n) is 2.14. The van der Waals surface area contributed by atoms with Crippen molar-refractivity contribution in [3.63, 3.8) is 0 Å². The van der Waals surface area contributed by atoms with Crippen molar-refractivity contribution < 1.29 is 14.5 Å². The van der Waals surface area contributed by atoms with Gasteiger partial charge in [-0.25, -0.2) is 4.79 Å². The molecule has 0 bridgehead atoms. The Labute approximate surface area is 114 Å². The van der Waals surface area contributed by atoms with Gasteiger partial charge < -0.3 is 4.74 Å². The van der Waals surface area contributed by atoms with Gasteiger partial charge in [-0.2, -0.15) is 5.26 Å². The van der Waals surface area contributed by atoms with E-state index in [1.165, 1.54) is 24.3 Å². The highest BCUT2D eigenvalue weighted by Crippen LogP contribution is 2.25. The number of esters is 1. The molecule has 1 aromatic carbocycles. The van der Waals surface area contributed by atoms with E-state index in [0.717, 1.165) is 0 Å². The van der Waals surface area contributed by atoms with E-state index in [-0.39, 0.29) is 22.9 Å². The molecule has 0 saturated carbocycles. The molecule has 0 heterocycles. The summed E-state index contributed by atoms with van der Waals surface area (Å²) in [7, 11) is 0. The molecule has 0 radical (unpaired) electrons. The molecule has 0 amide bonds. The smallest absolute Gasteiger partial charge is 0.350 e. The average molecular weight is 281 g/mol. The SMILES string of the molecule is CCOC(=O)/C(C#N)=C(\Cl)c1ccc([N+](=O)[O-])cc1. The number of benzene rings is 1. The molecular formula is C12H9ClN2O4. The molecule has 19 heavy (non-hydrogen) atoms. The van der Waals surface area contributed by atoms with Crippen molar-refractivity contribution in [3.8, 4) is 6.07 Å². The van der Waals surface area contributed by atoms with Crippen LogP contribution in [0.5, 0.6) is 0 Å². The molecule has 1 aromatic rings. The molecule has 0 N–H and O–H groups in total. The Bertz CT molecular complexity index is 572. The van der Waals surface area contributed by atoms with Gasteiger partial charge in [-0.15, -0.1) is 0 Å². The summed E-state index contributed by atoms with van der Waals surface area (Å²) < 4.78 is 4.69. The van der Waals surface area contributed by atoms with Gasteiger partial charge in [0.1, 0.15) is 6.07 Å². The number of nitro benzene ring substituents is 1. The molecule has 98 valence electrons. The van der Waals surface area contributed by atoms with E-state index in [4.69, 9.17) is 16.9 Å². The lowest BCUT2D eigenvalue weighted by Crippen LogP contribution is -2.07. The third kappa shape index (κ3) is 3.53. The Balaban J connectivity index is 3.16. The van der Waals surface area contributed by atoms with Crippen LogP contribution in [0.15, 0.2) is 29.8 Å². The number of carbonyl (C=O) groups excluding carboxylic acids is 1. The first-order valence-electron chi connectivity index (χ1n) is 5.23. The van der Waals surface area contributed by atoms with Gasteiger partial charge in [-0.3, -0.25) is 10.1 Å². The Kier molecular flexibility index (Phi) is 5.03. The van der Waals surface area contributed by atoms with Crippen molar-refractivity contribution in [2.75, 3.05) is 6.61 Å². The summed E-state index contributed by atoms with van der Waals surface area (Å²) in [5, 5.41) is 19.3. The third-order valence-corrected chi connectivity index (χ3v) is 2.55. The number of nitrogens with zero attached hydrogens (tertiary/aromatic N) is 2. The largest absolute Gasteiger partial charge is 0.462 e. The molecule has 0 aliphatic heterocycles. The first-order chi connectivity index (χ1) is 9.01. The van der Waals surface area contributed by atoms with Crippen molar-refractivity contribution in [2.45, 2.75) is 6.92 Å². The zero-order valence-electron chi connectivity index (χ0n) is 9.92. The lowest BCUT2D eigenvalue weighted by molar-refractivity contribution is -0.384. The summed E-state index contributed by atoms with van der Waals surface area (Å²) in [5.41, 5.74) is -0.114. The van der Waals surface area contributed by atoms with Crippen molar-refractivity contribution in [3.05, 3.63) is 45.5 Å². The molecule has 0 unspecified atom stereocenters. The number of nitriles is 1. The number of nitro groups is 1. The van der Waals surface area contributed by atoms with Crippen LogP contribution in [-0.2, 0) is 9.53 Å². The monoisotopic (exact) mass is 280 g/mol. The maximum atomic E-state index is 11.5. The lowest BCUT2D eigenvalue weighted by atomic mass is 10.1. The molecule has 0 atom stereocenters. The molecule has 0 aliphatic carbocycles. The van der Waals surface area contributed by atoms with Gasteiger partial charge in [0.25, 0.3) is 5.69 Å². The quantitative estimate of drug-likeness (QED) is 0.278. The van der Waals surface area contributed by atoms with Crippen LogP contribution in [0.3, 0.4) is 0 Å². The van der Waals surface area contributed by atoms with Gasteiger partial charge >= 0.3 is 5.97 Å². The number of hydrogen-bond donors (Lipinski definition) is 0. The highest BCUT2D eigenvalue weighted by Gasteiger charge is 2.17. The second-order valence-electron chi connectivity index (χ2n) is 3.33. The van der Waals surface area contributed by atoms with Gasteiger partial charge in [0, 0.05) is 12.1 Å². The molecule has 0 spiro atoms. The van der Waals surface area contributed by atoms with E-state index in [2.05, 4.69) is 4.74 Å². The maximum Gasteiger partial charge on any atom is 0.350 e. The van der Waals surface area contributed by atoms with Crippen LogP contribution >= 0.6 is 11.6 Å². The van der Waals surface area contributed by atoms with E-state index in [1.807, 2.05) is 0 Å². The minimum atomic E-state index is -0.826. The molecule has 1 rings (SSSR count). The fraction of sp³-hybridized carbons (Fsp3) is 0.167. The summed E-state index contributed by atoms with van der Waals surface area (Å²) in [6.07, 6.45) is 0. The summed E-state index contributed by atoms with van der Waals surface area (Å²) >= 11 is 5.92. The molecule has 0 aromatic heterocycles. The summed E-state index contributed by atoms with van der Waals surface area (Å²) in [4.78, 5) is 21.4. The standard InChI is InChI=1S/C12H9ClN2O4/c1-2-19-12(16)10(7-14)11(13)8-3-5-9(6-4-8)15(17)18/h3-6H,2H2,1H3/b11-10-. The Morgan fingerprint density at radius 2 is 2.05 bits per heavy atom. The van der Waals surface area contributed by atoms with E-state index in [1.54, 1.807) is 13.0 Å². The first-order valence-corrected chi connectivity index (χ1v) is 5.60. The van der Waals surface area contributed by atoms with Crippen LogP contribution in [0.25, 0.3) is 5.03 Å². The van der Waals surface area contributed by atoms with Crippen LogP contribution < -0.4 is 0 Å². The Morgan fingerprint density at radius 3 is 2.47 bits per heavy atom. The number of rotatable bonds is 4. The predicted molar refractivity (Wildman–Crippen MR) is 68.1 cm³/mol. The molecule has 6 nitrogen and oxygen atoms in total. The zero-order valence-corrected chi connectivity index (χ0v) is 10.7. The summed E-state index contributed by atoms with van der Waals surface area (Å²) in [6.45, 7) is 1.72. The number of non-ortho nitro benzene ring substituents is 1. The van der Waals surface area contributed by atoms with Crippen molar-refractivity contribution in [1.82, 2.24) is 0 Å². The molecule has 0 saturated heterocycles. The molecule has 0 fully saturated rings. The number of carbonyl (C=O) groups is 1. The van der Waals surface area contributed by atoms with E-state index in [9.17, 15) is 14.9 Å². The highest BCUT2D eigenvalue weighted by atomic mass is 35.5. The lowest BCUT2D eigenvalue weighted by Gasteiger charge is -2.03. The molecule has 7 heteroatoms. The van der Waals surface area contributed by atoms with E-state index >= 15 is 0 Å². The first kappa shape index (κ1) is 14.7. The zero-order chi connectivity index (χ0) is 14.4. The van der Waals surface area contributed by atoms with Gasteiger partial charge in [0.2, 0.25) is 0 Å². The number of ether oxygens (including phenoxy) is 1. The van der Waals surface area contributed by atoms with Gasteiger partial charge in [-0.05, 0) is 24.6 Å². The second kappa shape index (κ2) is 6.52. The van der Waals surface area contributed by atoms with Crippen LogP contribution in [0.2, 0.25) is 0 Å². The number of hydrogen-bond acceptors (Lipinski definition) is 5. The minimum Gasteiger partial charge on any atom is -0.462 e. The molecular weight excluding hydrogens is 272 g/mol. The molecule has 0 aliphatic rings. The van der Waals surface area contributed by atoms with Crippen LogP contribution in [0.1, 0.15) is 12.5 Å². The topological polar surface area (TPSA) is 93.2 Å². The van der Waals surface area contributed by atoms with Gasteiger partial charge in [0.05, 0.1) is 16.6 Å². The number of halogens is 1. The van der Waals surface area contributed by atoms with Crippen molar-refractivity contribution >= 4 is 28.3 Å². The van der Waals surface area contributed by atoms with E-state index < -0.39 is 10.9 Å². The van der Waals surface area contributed by atoms with Crippen molar-refractivity contribution in [1.29, 1.82) is 5.26 Å².